The summed E-state index contributed by atoms with van der Waals surface area (Å²) in [6, 6.07) is 10.7. The van der Waals surface area contributed by atoms with Gasteiger partial charge in [-0.2, -0.15) is 0 Å². The molecule has 0 atom stereocenters. The Morgan fingerprint density at radius 3 is 2.67 bits per heavy atom. The van der Waals surface area contributed by atoms with Gasteiger partial charge in [-0.25, -0.2) is 9.37 Å². The highest BCUT2D eigenvalue weighted by Crippen LogP contribution is 2.25. The topological polar surface area (TPSA) is 43.8 Å². The van der Waals surface area contributed by atoms with Crippen LogP contribution >= 0.6 is 27.5 Å². The van der Waals surface area contributed by atoms with E-state index < -0.39 is 0 Å². The van der Waals surface area contributed by atoms with E-state index in [2.05, 4.69) is 20.9 Å². The summed E-state index contributed by atoms with van der Waals surface area (Å²) >= 11 is 9.02. The third kappa shape index (κ3) is 2.89. The Bertz CT molecular complexity index is 799. The van der Waals surface area contributed by atoms with Gasteiger partial charge in [0.05, 0.1) is 15.5 Å². The zero-order valence-corrected chi connectivity index (χ0v) is 13.3. The summed E-state index contributed by atoms with van der Waals surface area (Å²) in [5, 5.41) is 0.707. The lowest BCUT2D eigenvalue weighted by atomic mass is 10.1. The molecule has 0 saturated carbocycles. The second-order valence-electron chi connectivity index (χ2n) is 4.75. The highest BCUT2D eigenvalue weighted by molar-refractivity contribution is 9.10. The fourth-order valence-corrected chi connectivity index (χ4v) is 2.72. The van der Waals surface area contributed by atoms with Crippen LogP contribution in [0.25, 0.3) is 11.0 Å². The number of nitrogens with two attached hydrogens (primary N) is 1. The minimum atomic E-state index is -0.324. The van der Waals surface area contributed by atoms with E-state index in [4.69, 9.17) is 17.3 Å². The zero-order chi connectivity index (χ0) is 15.0. The van der Waals surface area contributed by atoms with Crippen molar-refractivity contribution in [2.24, 2.45) is 0 Å². The maximum Gasteiger partial charge on any atom is 0.201 e. The SMILES string of the molecule is Nc1nc2cc(Br)c(F)cc2n1CCc1ccc(Cl)cc1. The van der Waals surface area contributed by atoms with E-state index in [1.807, 2.05) is 28.8 Å². The highest BCUT2D eigenvalue weighted by Gasteiger charge is 2.11. The number of aryl methyl sites for hydroxylation is 2. The standard InChI is InChI=1S/C15H12BrClFN3/c16-11-7-13-14(8-12(11)18)21(15(19)20-13)6-5-9-1-3-10(17)4-2-9/h1-4,7-8H,5-6H2,(H2,19,20). The van der Waals surface area contributed by atoms with Crippen LogP contribution < -0.4 is 5.73 Å². The maximum absolute atomic E-state index is 13.7. The average Bonchev–Trinajstić information content (AvgIpc) is 2.74. The Morgan fingerprint density at radius 1 is 1.24 bits per heavy atom. The third-order valence-electron chi connectivity index (χ3n) is 3.36. The predicted octanol–water partition coefficient (Wildman–Crippen LogP) is 4.42. The van der Waals surface area contributed by atoms with Crippen LogP contribution in [0.5, 0.6) is 0 Å². The molecule has 0 bridgehead atoms. The van der Waals surface area contributed by atoms with Gasteiger partial charge in [0.15, 0.2) is 0 Å². The van der Waals surface area contributed by atoms with Gasteiger partial charge in [-0.3, -0.25) is 0 Å². The Balaban J connectivity index is 1.91. The van der Waals surface area contributed by atoms with Crippen LogP contribution in [-0.4, -0.2) is 9.55 Å². The van der Waals surface area contributed by atoms with Gasteiger partial charge < -0.3 is 10.3 Å². The molecule has 0 unspecified atom stereocenters. The molecule has 3 nitrogen and oxygen atoms in total. The van der Waals surface area contributed by atoms with Crippen LogP contribution in [0.4, 0.5) is 10.3 Å². The molecular weight excluding hydrogens is 357 g/mol. The van der Waals surface area contributed by atoms with Crippen molar-refractivity contribution in [3.05, 3.63) is 57.3 Å². The first kappa shape index (κ1) is 14.4. The molecule has 0 amide bonds. The summed E-state index contributed by atoms with van der Waals surface area (Å²) in [7, 11) is 0. The van der Waals surface area contributed by atoms with Gasteiger partial charge in [-0.1, -0.05) is 23.7 Å². The van der Waals surface area contributed by atoms with Gasteiger partial charge >= 0.3 is 0 Å². The molecule has 6 heteroatoms. The zero-order valence-electron chi connectivity index (χ0n) is 11.0. The van der Waals surface area contributed by atoms with E-state index >= 15 is 0 Å². The third-order valence-corrected chi connectivity index (χ3v) is 4.22. The summed E-state index contributed by atoms with van der Waals surface area (Å²) in [4.78, 5) is 4.26. The van der Waals surface area contributed by atoms with E-state index in [-0.39, 0.29) is 5.82 Å². The average molecular weight is 369 g/mol. The van der Waals surface area contributed by atoms with Crippen molar-refractivity contribution < 1.29 is 4.39 Å². The number of imidazole rings is 1. The first-order chi connectivity index (χ1) is 10.0. The van der Waals surface area contributed by atoms with Crippen molar-refractivity contribution in [2.45, 2.75) is 13.0 Å². The Kier molecular flexibility index (Phi) is 3.87. The number of halogens is 3. The quantitative estimate of drug-likeness (QED) is 0.744. The lowest BCUT2D eigenvalue weighted by molar-refractivity contribution is 0.621. The van der Waals surface area contributed by atoms with Crippen LogP contribution in [0, 0.1) is 5.82 Å². The van der Waals surface area contributed by atoms with E-state index in [0.717, 1.165) is 12.0 Å². The van der Waals surface area contributed by atoms with Crippen LogP contribution in [0.3, 0.4) is 0 Å². The largest absolute Gasteiger partial charge is 0.369 e. The molecule has 108 valence electrons. The predicted molar refractivity (Wildman–Crippen MR) is 87.0 cm³/mol. The van der Waals surface area contributed by atoms with Crippen LogP contribution in [0.15, 0.2) is 40.9 Å². The van der Waals surface area contributed by atoms with Gasteiger partial charge in [0.2, 0.25) is 5.95 Å². The second-order valence-corrected chi connectivity index (χ2v) is 6.04. The van der Waals surface area contributed by atoms with Crippen LogP contribution in [-0.2, 0) is 13.0 Å². The first-order valence-electron chi connectivity index (χ1n) is 6.40. The molecule has 0 aliphatic rings. The molecule has 21 heavy (non-hydrogen) atoms. The minimum absolute atomic E-state index is 0.324. The molecule has 1 aromatic heterocycles. The molecule has 0 radical (unpaired) electrons. The summed E-state index contributed by atoms with van der Waals surface area (Å²) in [6.07, 6.45) is 0.768. The second kappa shape index (κ2) is 5.66. The molecule has 0 fully saturated rings. The van der Waals surface area contributed by atoms with Gasteiger partial charge in [0.25, 0.3) is 0 Å². The molecule has 3 rings (SSSR count). The summed E-state index contributed by atoms with van der Waals surface area (Å²) in [5.41, 5.74) is 8.45. The number of anilines is 1. The monoisotopic (exact) mass is 367 g/mol. The van der Waals surface area contributed by atoms with Crippen LogP contribution in [0.2, 0.25) is 5.02 Å². The lowest BCUT2D eigenvalue weighted by Crippen LogP contribution is -2.05. The van der Waals surface area contributed by atoms with Crippen molar-refractivity contribution in [2.75, 3.05) is 5.73 Å². The Labute approximate surface area is 134 Å². The Morgan fingerprint density at radius 2 is 1.95 bits per heavy atom. The van der Waals surface area contributed by atoms with Crippen molar-refractivity contribution in [3.8, 4) is 0 Å². The van der Waals surface area contributed by atoms with E-state index in [9.17, 15) is 4.39 Å². The van der Waals surface area contributed by atoms with Crippen molar-refractivity contribution >= 4 is 44.5 Å². The fraction of sp³-hybridized carbons (Fsp3) is 0.133. The van der Waals surface area contributed by atoms with E-state index in [0.29, 0.717) is 33.0 Å². The van der Waals surface area contributed by atoms with Crippen LogP contribution in [0.1, 0.15) is 5.56 Å². The summed E-state index contributed by atoms with van der Waals surface area (Å²) < 4.78 is 15.9. The Hall–Kier alpha value is -1.59. The number of rotatable bonds is 3. The molecule has 0 aliphatic heterocycles. The molecular formula is C15H12BrClFN3. The van der Waals surface area contributed by atoms with Gasteiger partial charge in [-0.05, 0) is 46.1 Å². The molecule has 0 saturated heterocycles. The molecule has 1 heterocycles. The molecule has 0 aliphatic carbocycles. The van der Waals surface area contributed by atoms with E-state index in [1.165, 1.54) is 6.07 Å². The molecule has 3 aromatic rings. The minimum Gasteiger partial charge on any atom is -0.369 e. The lowest BCUT2D eigenvalue weighted by Gasteiger charge is -2.07. The first-order valence-corrected chi connectivity index (χ1v) is 7.57. The van der Waals surface area contributed by atoms with Crippen molar-refractivity contribution in [3.63, 3.8) is 0 Å². The van der Waals surface area contributed by atoms with Gasteiger partial charge in [0.1, 0.15) is 5.82 Å². The van der Waals surface area contributed by atoms with Gasteiger partial charge in [0, 0.05) is 17.6 Å². The maximum atomic E-state index is 13.7. The normalized spacial score (nSPS) is 11.2. The molecule has 0 spiro atoms. The van der Waals surface area contributed by atoms with Crippen molar-refractivity contribution in [1.82, 2.24) is 9.55 Å². The highest BCUT2D eigenvalue weighted by atomic mass is 79.9. The fourth-order valence-electron chi connectivity index (χ4n) is 2.27. The molecule has 2 aromatic carbocycles. The summed E-state index contributed by atoms with van der Waals surface area (Å²) in [6.45, 7) is 0.630. The smallest absolute Gasteiger partial charge is 0.201 e. The number of nitrogens with zero attached hydrogens (tertiary/aromatic N) is 2. The number of hydrogen-bond acceptors (Lipinski definition) is 2. The number of nitrogen functional groups attached to an aromatic ring is 1. The van der Waals surface area contributed by atoms with Crippen molar-refractivity contribution in [1.29, 1.82) is 0 Å². The molecule has 2 N–H and O–H groups in total. The number of benzene rings is 2. The number of fused-ring (bicyclic) bond motifs is 1. The van der Waals surface area contributed by atoms with Gasteiger partial charge in [-0.15, -0.1) is 0 Å². The van der Waals surface area contributed by atoms with E-state index in [1.54, 1.807) is 6.07 Å². The number of hydrogen-bond donors (Lipinski definition) is 1. The number of aromatic nitrogens is 2. The summed E-state index contributed by atoms with van der Waals surface area (Å²) in [5.74, 6) is 0.0617.